The number of methoxy groups -OCH3 is 2. The molecule has 0 saturated heterocycles. The molecule has 0 fully saturated rings. The molecule has 0 bridgehead atoms. The molecule has 2 aromatic heterocycles. The monoisotopic (exact) mass is 367 g/mol. The van der Waals surface area contributed by atoms with E-state index in [0.29, 0.717) is 23.3 Å². The minimum atomic E-state index is -4.53. The Balaban J connectivity index is 2.08. The van der Waals surface area contributed by atoms with E-state index in [2.05, 4.69) is 10.1 Å². The summed E-state index contributed by atoms with van der Waals surface area (Å²) in [6.07, 6.45) is -3.92. The first-order chi connectivity index (χ1) is 12.3. The second-order valence-corrected chi connectivity index (χ2v) is 5.03. The maximum Gasteiger partial charge on any atom is 0.443 e. The van der Waals surface area contributed by atoms with E-state index in [1.165, 1.54) is 14.2 Å². The number of nitrogens with zero attached hydrogens (tertiary/aromatic N) is 3. The van der Waals surface area contributed by atoms with Crippen molar-refractivity contribution in [1.29, 1.82) is 0 Å². The molecule has 2 heterocycles. The van der Waals surface area contributed by atoms with Gasteiger partial charge in [0.25, 0.3) is 5.89 Å². The van der Waals surface area contributed by atoms with Crippen LogP contribution in [0.4, 0.5) is 13.2 Å². The highest BCUT2D eigenvalue weighted by Crippen LogP contribution is 2.36. The van der Waals surface area contributed by atoms with E-state index in [1.807, 2.05) is 0 Å². The predicted octanol–water partition coefficient (Wildman–Crippen LogP) is 2.92. The average molecular weight is 367 g/mol. The highest BCUT2D eigenvalue weighted by molar-refractivity contribution is 5.70. The van der Waals surface area contributed by atoms with E-state index in [0.717, 1.165) is 16.8 Å². The van der Waals surface area contributed by atoms with Crippen LogP contribution in [-0.4, -0.2) is 29.0 Å². The number of pyridine rings is 1. The van der Waals surface area contributed by atoms with Gasteiger partial charge in [0.2, 0.25) is 0 Å². The summed E-state index contributed by atoms with van der Waals surface area (Å²) in [6.45, 7) is 0. The molecule has 0 unspecified atom stereocenters. The Morgan fingerprint density at radius 1 is 1.08 bits per heavy atom. The van der Waals surface area contributed by atoms with Crippen LogP contribution in [0.15, 0.2) is 45.7 Å². The van der Waals surface area contributed by atoms with E-state index < -0.39 is 17.5 Å². The Morgan fingerprint density at radius 3 is 2.23 bits per heavy atom. The molecular weight excluding hydrogens is 355 g/mol. The maximum atomic E-state index is 12.6. The van der Waals surface area contributed by atoms with Crippen LogP contribution in [0.25, 0.3) is 17.3 Å². The van der Waals surface area contributed by atoms with Gasteiger partial charge >= 0.3 is 11.9 Å². The molecule has 10 heteroatoms. The molecule has 0 amide bonds. The van der Waals surface area contributed by atoms with Crippen molar-refractivity contribution in [2.24, 2.45) is 0 Å². The third-order valence-corrected chi connectivity index (χ3v) is 3.48. The van der Waals surface area contributed by atoms with Gasteiger partial charge in [0, 0.05) is 6.20 Å². The molecule has 0 aliphatic rings. The summed E-state index contributed by atoms with van der Waals surface area (Å²) in [4.78, 5) is 15.7. The van der Waals surface area contributed by atoms with E-state index >= 15 is 0 Å². The maximum absolute atomic E-state index is 12.6. The number of hydrogen-bond donors (Lipinski definition) is 0. The first kappa shape index (κ1) is 17.5. The minimum absolute atomic E-state index is 0.119. The zero-order valence-electron chi connectivity index (χ0n) is 13.6. The summed E-state index contributed by atoms with van der Waals surface area (Å²) >= 11 is 0. The lowest BCUT2D eigenvalue weighted by atomic mass is 10.2. The number of benzene rings is 1. The molecule has 0 spiro atoms. The molecule has 136 valence electrons. The van der Waals surface area contributed by atoms with E-state index in [-0.39, 0.29) is 11.7 Å². The second kappa shape index (κ2) is 6.54. The van der Waals surface area contributed by atoms with Gasteiger partial charge in [-0.25, -0.2) is 9.78 Å². The van der Waals surface area contributed by atoms with Crippen LogP contribution in [0, 0.1) is 0 Å². The summed E-state index contributed by atoms with van der Waals surface area (Å²) in [6, 6.07) is 6.73. The molecule has 0 atom stereocenters. The second-order valence-electron chi connectivity index (χ2n) is 5.03. The molecule has 0 radical (unpaired) electrons. The van der Waals surface area contributed by atoms with Gasteiger partial charge in [0.05, 0.1) is 19.8 Å². The Hall–Kier alpha value is -3.30. The van der Waals surface area contributed by atoms with Gasteiger partial charge in [-0.05, 0) is 24.3 Å². The molecule has 0 saturated carbocycles. The number of hydrogen-bond acceptors (Lipinski definition) is 6. The third kappa shape index (κ3) is 3.13. The first-order valence-corrected chi connectivity index (χ1v) is 7.20. The summed E-state index contributed by atoms with van der Waals surface area (Å²) in [5.41, 5.74) is -0.648. The standard InChI is InChI=1S/C16H12F3N3O4/c1-24-10-4-3-5-11(25-2)13(10)14-21-22(15(23)26-14)12-7-6-9(8-20-12)16(17,18)19/h3-8H,1-2H3. The van der Waals surface area contributed by atoms with Crippen LogP contribution in [0.1, 0.15) is 5.56 Å². The zero-order valence-corrected chi connectivity index (χ0v) is 13.6. The van der Waals surface area contributed by atoms with Crippen LogP contribution >= 0.6 is 0 Å². The van der Waals surface area contributed by atoms with Crippen molar-refractivity contribution in [3.05, 3.63) is 52.6 Å². The highest BCUT2D eigenvalue weighted by atomic mass is 19.4. The molecule has 26 heavy (non-hydrogen) atoms. The summed E-state index contributed by atoms with van der Waals surface area (Å²) < 4.78 is 54.2. The van der Waals surface area contributed by atoms with Crippen molar-refractivity contribution >= 4 is 0 Å². The van der Waals surface area contributed by atoms with E-state index in [4.69, 9.17) is 13.9 Å². The van der Waals surface area contributed by atoms with E-state index in [1.54, 1.807) is 18.2 Å². The summed E-state index contributed by atoms with van der Waals surface area (Å²) in [5.74, 6) is -0.464. The molecule has 3 rings (SSSR count). The molecule has 3 aromatic rings. The Labute approximate surface area is 144 Å². The highest BCUT2D eigenvalue weighted by Gasteiger charge is 2.31. The molecule has 0 aliphatic heterocycles. The Morgan fingerprint density at radius 2 is 1.73 bits per heavy atom. The fourth-order valence-electron chi connectivity index (χ4n) is 2.26. The topological polar surface area (TPSA) is 79.4 Å². The van der Waals surface area contributed by atoms with Gasteiger partial charge in [0.15, 0.2) is 5.82 Å². The summed E-state index contributed by atoms with van der Waals surface area (Å²) in [7, 11) is 2.84. The number of aromatic nitrogens is 3. The lowest BCUT2D eigenvalue weighted by molar-refractivity contribution is -0.137. The molecule has 0 aliphatic carbocycles. The van der Waals surface area contributed by atoms with Crippen molar-refractivity contribution in [2.45, 2.75) is 6.18 Å². The summed E-state index contributed by atoms with van der Waals surface area (Å²) in [5, 5.41) is 3.99. The zero-order chi connectivity index (χ0) is 18.9. The van der Waals surface area contributed by atoms with Crippen LogP contribution in [0.3, 0.4) is 0 Å². The predicted molar refractivity (Wildman–Crippen MR) is 83.4 cm³/mol. The van der Waals surface area contributed by atoms with Gasteiger partial charge in [0.1, 0.15) is 17.1 Å². The smallest absolute Gasteiger partial charge is 0.443 e. The quantitative estimate of drug-likeness (QED) is 0.706. The largest absolute Gasteiger partial charge is 0.496 e. The molecule has 7 nitrogen and oxygen atoms in total. The SMILES string of the molecule is COc1cccc(OC)c1-c1nn(-c2ccc(C(F)(F)F)cn2)c(=O)o1. The normalized spacial score (nSPS) is 11.4. The number of ether oxygens (including phenoxy) is 2. The average Bonchev–Trinajstić information content (AvgIpc) is 3.01. The van der Waals surface area contributed by atoms with Crippen molar-refractivity contribution in [3.8, 4) is 28.8 Å². The van der Waals surface area contributed by atoms with Gasteiger partial charge in [-0.1, -0.05) is 6.07 Å². The van der Waals surface area contributed by atoms with Gasteiger partial charge in [-0.2, -0.15) is 13.2 Å². The lowest BCUT2D eigenvalue weighted by Crippen LogP contribution is -2.15. The Bertz CT molecular complexity index is 955. The van der Waals surface area contributed by atoms with Gasteiger partial charge in [-0.15, -0.1) is 9.78 Å². The van der Waals surface area contributed by atoms with Crippen molar-refractivity contribution < 1.29 is 27.1 Å². The Kier molecular flexibility index (Phi) is 4.41. The van der Waals surface area contributed by atoms with Crippen molar-refractivity contribution in [3.63, 3.8) is 0 Å². The van der Waals surface area contributed by atoms with Crippen LogP contribution in [-0.2, 0) is 6.18 Å². The number of alkyl halides is 3. The molecule has 0 N–H and O–H groups in total. The van der Waals surface area contributed by atoms with Gasteiger partial charge < -0.3 is 13.9 Å². The molecule has 1 aromatic carbocycles. The van der Waals surface area contributed by atoms with E-state index in [9.17, 15) is 18.0 Å². The first-order valence-electron chi connectivity index (χ1n) is 7.20. The third-order valence-electron chi connectivity index (χ3n) is 3.48. The fraction of sp³-hybridized carbons (Fsp3) is 0.188. The number of halogens is 3. The lowest BCUT2D eigenvalue weighted by Gasteiger charge is -2.09. The fourth-order valence-corrected chi connectivity index (χ4v) is 2.26. The van der Waals surface area contributed by atoms with Crippen molar-refractivity contribution in [1.82, 2.24) is 14.8 Å². The van der Waals surface area contributed by atoms with Crippen LogP contribution in [0.5, 0.6) is 11.5 Å². The molecular formula is C16H12F3N3O4. The minimum Gasteiger partial charge on any atom is -0.496 e. The van der Waals surface area contributed by atoms with Gasteiger partial charge in [-0.3, -0.25) is 0 Å². The van der Waals surface area contributed by atoms with Crippen molar-refractivity contribution in [2.75, 3.05) is 14.2 Å². The van der Waals surface area contributed by atoms with Crippen LogP contribution in [0.2, 0.25) is 0 Å². The number of rotatable bonds is 4. The van der Waals surface area contributed by atoms with Crippen LogP contribution < -0.4 is 15.2 Å².